The molecule has 1 aromatic carbocycles. The molecule has 2 rings (SSSR count). The Bertz CT molecular complexity index is 420. The molecule has 1 N–H and O–H groups in total. The number of benzene rings is 1. The predicted octanol–water partition coefficient (Wildman–Crippen LogP) is 2.90. The topological polar surface area (TPSA) is 21.3 Å². The van der Waals surface area contributed by atoms with Crippen LogP contribution in [0.1, 0.15) is 18.9 Å². The Morgan fingerprint density at radius 3 is 2.53 bits per heavy atom. The van der Waals surface area contributed by atoms with Gasteiger partial charge in [0.25, 0.3) is 0 Å². The van der Waals surface area contributed by atoms with Crippen LogP contribution in [0.25, 0.3) is 0 Å². The summed E-state index contributed by atoms with van der Waals surface area (Å²) in [6.45, 7) is 1.48. The van der Waals surface area contributed by atoms with Crippen LogP contribution in [0.2, 0.25) is 0 Å². The lowest BCUT2D eigenvalue weighted by Gasteiger charge is -2.23. The van der Waals surface area contributed by atoms with E-state index < -0.39 is 23.6 Å². The summed E-state index contributed by atoms with van der Waals surface area (Å²) in [7, 11) is 0. The van der Waals surface area contributed by atoms with Gasteiger partial charge in [0, 0.05) is 12.0 Å². The lowest BCUT2D eigenvalue weighted by Crippen LogP contribution is -2.33. The molecule has 0 aliphatic carbocycles. The zero-order valence-corrected chi connectivity index (χ0v) is 9.01. The Hall–Kier alpha value is -1.14. The molecular weight excluding hydrogens is 238 g/mol. The van der Waals surface area contributed by atoms with Crippen molar-refractivity contribution in [3.8, 4) is 0 Å². The van der Waals surface area contributed by atoms with Gasteiger partial charge in [0.2, 0.25) is 0 Å². The van der Waals surface area contributed by atoms with Gasteiger partial charge in [-0.25, -0.2) is 4.39 Å². The number of rotatable bonds is 1. The summed E-state index contributed by atoms with van der Waals surface area (Å²) in [6.07, 6.45) is -6.71. The van der Waals surface area contributed by atoms with E-state index in [-0.39, 0.29) is 12.0 Å². The Balaban J connectivity index is 2.26. The lowest BCUT2D eigenvalue weighted by molar-refractivity contribution is -0.218. The van der Waals surface area contributed by atoms with Gasteiger partial charge in [0.05, 0.1) is 5.54 Å². The highest BCUT2D eigenvalue weighted by atomic mass is 19.4. The van der Waals surface area contributed by atoms with Crippen LogP contribution >= 0.6 is 0 Å². The maximum atomic E-state index is 13.5. The number of hydrogen-bond acceptors (Lipinski definition) is 2. The van der Waals surface area contributed by atoms with Crippen LogP contribution in [-0.4, -0.2) is 12.3 Å². The maximum Gasteiger partial charge on any atom is 0.416 e. The number of alkyl halides is 3. The molecule has 1 fully saturated rings. The first-order valence-corrected chi connectivity index (χ1v) is 5.07. The minimum absolute atomic E-state index is 0.173. The molecule has 0 aromatic heterocycles. The largest absolute Gasteiger partial charge is 0.416 e. The third-order valence-electron chi connectivity index (χ3n) is 2.85. The smallest absolute Gasteiger partial charge is 0.288 e. The molecule has 0 saturated carbocycles. The van der Waals surface area contributed by atoms with Crippen molar-refractivity contribution in [2.75, 3.05) is 0 Å². The van der Waals surface area contributed by atoms with E-state index in [2.05, 4.69) is 10.3 Å². The van der Waals surface area contributed by atoms with Gasteiger partial charge in [-0.05, 0) is 13.0 Å². The van der Waals surface area contributed by atoms with Crippen molar-refractivity contribution in [1.82, 2.24) is 5.48 Å². The number of hydrogen-bond donors (Lipinski definition) is 1. The van der Waals surface area contributed by atoms with Crippen molar-refractivity contribution in [3.05, 3.63) is 35.6 Å². The molecule has 0 radical (unpaired) electrons. The molecule has 94 valence electrons. The number of nitrogens with one attached hydrogen (secondary N) is 1. The zero-order valence-electron chi connectivity index (χ0n) is 9.01. The van der Waals surface area contributed by atoms with Crippen LogP contribution in [0.4, 0.5) is 17.6 Å². The molecular formula is C11H11F4NO. The van der Waals surface area contributed by atoms with E-state index in [9.17, 15) is 17.6 Å². The molecule has 1 heterocycles. The Labute approximate surface area is 95.5 Å². The van der Waals surface area contributed by atoms with Crippen LogP contribution in [0, 0.1) is 5.82 Å². The van der Waals surface area contributed by atoms with Crippen molar-refractivity contribution < 1.29 is 22.4 Å². The summed E-state index contributed by atoms with van der Waals surface area (Å²) < 4.78 is 50.9. The van der Waals surface area contributed by atoms with Gasteiger partial charge < -0.3 is 0 Å². The normalized spacial score (nSPS) is 29.6. The Kier molecular flexibility index (Phi) is 2.87. The fraction of sp³-hybridized carbons (Fsp3) is 0.455. The van der Waals surface area contributed by atoms with Crippen LogP contribution in [0.15, 0.2) is 24.3 Å². The molecule has 2 atom stereocenters. The first-order valence-electron chi connectivity index (χ1n) is 5.07. The van der Waals surface area contributed by atoms with Gasteiger partial charge in [-0.15, -0.1) is 0 Å². The van der Waals surface area contributed by atoms with Gasteiger partial charge >= 0.3 is 6.18 Å². The van der Waals surface area contributed by atoms with Crippen LogP contribution < -0.4 is 5.48 Å². The molecule has 1 saturated heterocycles. The molecule has 0 amide bonds. The summed E-state index contributed by atoms with van der Waals surface area (Å²) in [5.74, 6) is -0.547. The minimum Gasteiger partial charge on any atom is -0.288 e. The van der Waals surface area contributed by atoms with E-state index in [1.54, 1.807) is 6.07 Å². The van der Waals surface area contributed by atoms with Crippen molar-refractivity contribution in [2.24, 2.45) is 0 Å². The maximum absolute atomic E-state index is 13.5. The molecule has 1 aromatic rings. The van der Waals surface area contributed by atoms with E-state index in [1.807, 2.05) is 0 Å². The highest BCUT2D eigenvalue weighted by Crippen LogP contribution is 2.39. The van der Waals surface area contributed by atoms with Crippen LogP contribution in [0.5, 0.6) is 0 Å². The molecule has 17 heavy (non-hydrogen) atoms. The van der Waals surface area contributed by atoms with E-state index in [1.165, 1.54) is 25.1 Å². The van der Waals surface area contributed by atoms with Gasteiger partial charge in [-0.3, -0.25) is 4.84 Å². The quantitative estimate of drug-likeness (QED) is 0.773. The Morgan fingerprint density at radius 1 is 1.35 bits per heavy atom. The van der Waals surface area contributed by atoms with Gasteiger partial charge in [0.1, 0.15) is 5.82 Å². The van der Waals surface area contributed by atoms with Crippen molar-refractivity contribution in [3.63, 3.8) is 0 Å². The summed E-state index contributed by atoms with van der Waals surface area (Å²) in [4.78, 5) is 4.50. The van der Waals surface area contributed by atoms with Crippen molar-refractivity contribution in [1.29, 1.82) is 0 Å². The second kappa shape index (κ2) is 3.96. The molecule has 6 heteroatoms. The average Bonchev–Trinajstić information content (AvgIpc) is 2.62. The minimum atomic E-state index is -4.45. The van der Waals surface area contributed by atoms with E-state index >= 15 is 0 Å². The summed E-state index contributed by atoms with van der Waals surface area (Å²) in [5, 5.41) is 0. The first kappa shape index (κ1) is 12.3. The highest BCUT2D eigenvalue weighted by Gasteiger charge is 2.51. The van der Waals surface area contributed by atoms with Gasteiger partial charge in [-0.1, -0.05) is 18.2 Å². The highest BCUT2D eigenvalue weighted by molar-refractivity contribution is 5.26. The van der Waals surface area contributed by atoms with E-state index in [0.717, 1.165) is 0 Å². The van der Waals surface area contributed by atoms with E-state index in [4.69, 9.17) is 0 Å². The summed E-state index contributed by atoms with van der Waals surface area (Å²) >= 11 is 0. The zero-order chi connectivity index (χ0) is 12.7. The first-order chi connectivity index (χ1) is 7.83. The van der Waals surface area contributed by atoms with Crippen molar-refractivity contribution >= 4 is 0 Å². The standard InChI is InChI=1S/C11H11F4NO/c1-10(7-4-2-3-5-8(7)12)6-9(17-16-10)11(13,14)15/h2-5,9,16H,6H2,1H3. The summed E-state index contributed by atoms with van der Waals surface area (Å²) in [5.41, 5.74) is 1.30. The van der Waals surface area contributed by atoms with Crippen LogP contribution in [0.3, 0.4) is 0 Å². The van der Waals surface area contributed by atoms with Crippen LogP contribution in [-0.2, 0) is 10.4 Å². The molecule has 0 bridgehead atoms. The van der Waals surface area contributed by atoms with Crippen molar-refractivity contribution in [2.45, 2.75) is 31.2 Å². The fourth-order valence-electron chi connectivity index (χ4n) is 1.91. The second-order valence-corrected chi connectivity index (χ2v) is 4.27. The molecule has 1 aliphatic rings. The predicted molar refractivity (Wildman–Crippen MR) is 52.4 cm³/mol. The third kappa shape index (κ3) is 2.28. The molecule has 1 aliphatic heterocycles. The monoisotopic (exact) mass is 249 g/mol. The molecule has 0 spiro atoms. The number of hydroxylamine groups is 1. The van der Waals surface area contributed by atoms with Gasteiger partial charge in [-0.2, -0.15) is 18.7 Å². The third-order valence-corrected chi connectivity index (χ3v) is 2.85. The lowest BCUT2D eigenvalue weighted by atomic mass is 9.88. The molecule has 2 nitrogen and oxygen atoms in total. The second-order valence-electron chi connectivity index (χ2n) is 4.27. The molecule has 2 unspecified atom stereocenters. The Morgan fingerprint density at radius 2 is 2.00 bits per heavy atom. The SMILES string of the molecule is CC1(c2ccccc2F)CC(C(F)(F)F)ON1. The summed E-state index contributed by atoms with van der Waals surface area (Å²) in [6, 6.07) is 5.72. The van der Waals surface area contributed by atoms with Gasteiger partial charge in [0.15, 0.2) is 6.10 Å². The van der Waals surface area contributed by atoms with E-state index in [0.29, 0.717) is 0 Å². The number of halogens is 4. The average molecular weight is 249 g/mol. The fourth-order valence-corrected chi connectivity index (χ4v) is 1.91.